The predicted octanol–water partition coefficient (Wildman–Crippen LogP) is 4.15. The molecule has 24 heavy (non-hydrogen) atoms. The Morgan fingerprint density at radius 2 is 2.00 bits per heavy atom. The van der Waals surface area contributed by atoms with E-state index in [2.05, 4.69) is 35.8 Å². The van der Waals surface area contributed by atoms with Crippen LogP contribution in [0.3, 0.4) is 0 Å². The van der Waals surface area contributed by atoms with Crippen molar-refractivity contribution in [2.24, 2.45) is 5.41 Å². The first-order valence-electron chi connectivity index (χ1n) is 8.66. The molecule has 1 saturated heterocycles. The van der Waals surface area contributed by atoms with E-state index in [9.17, 15) is 0 Å². The maximum absolute atomic E-state index is 5.44. The number of methoxy groups -OCH3 is 1. The third kappa shape index (κ3) is 4.15. The quantitative estimate of drug-likeness (QED) is 0.825. The highest BCUT2D eigenvalue weighted by molar-refractivity contribution is 5.54. The van der Waals surface area contributed by atoms with Crippen LogP contribution in [0, 0.1) is 5.41 Å². The van der Waals surface area contributed by atoms with Crippen LogP contribution in [0.15, 0.2) is 28.8 Å². The average Bonchev–Trinajstić information content (AvgIpc) is 3.17. The van der Waals surface area contributed by atoms with Crippen LogP contribution in [0.4, 0.5) is 0 Å². The molecule has 0 N–H and O–H groups in total. The zero-order valence-corrected chi connectivity index (χ0v) is 15.1. The summed E-state index contributed by atoms with van der Waals surface area (Å²) in [5, 5.41) is 4.17. The highest BCUT2D eigenvalue weighted by Gasteiger charge is 2.29. The lowest BCUT2D eigenvalue weighted by Gasteiger charge is -2.29. The van der Waals surface area contributed by atoms with Gasteiger partial charge < -0.3 is 9.26 Å². The molecule has 2 heterocycles. The topological polar surface area (TPSA) is 51.4 Å². The smallest absolute Gasteiger partial charge is 0.257 e. The zero-order valence-electron chi connectivity index (χ0n) is 15.1. The number of ether oxygens (including phenoxy) is 1. The maximum Gasteiger partial charge on any atom is 0.257 e. The Balaban J connectivity index is 1.67. The molecule has 5 heteroatoms. The van der Waals surface area contributed by atoms with Crippen molar-refractivity contribution in [1.82, 2.24) is 15.0 Å². The summed E-state index contributed by atoms with van der Waals surface area (Å²) in [5.74, 6) is 2.15. The molecule has 1 aromatic heterocycles. The van der Waals surface area contributed by atoms with Crippen molar-refractivity contribution in [1.29, 1.82) is 0 Å². The van der Waals surface area contributed by atoms with Crippen molar-refractivity contribution < 1.29 is 9.26 Å². The number of benzene rings is 1. The monoisotopic (exact) mass is 329 g/mol. The number of aromatic nitrogens is 2. The highest BCUT2D eigenvalue weighted by Crippen LogP contribution is 2.30. The summed E-state index contributed by atoms with van der Waals surface area (Å²) in [6.45, 7) is 8.80. The predicted molar refractivity (Wildman–Crippen MR) is 93.8 cm³/mol. The summed E-state index contributed by atoms with van der Waals surface area (Å²) in [6, 6.07) is 8.30. The maximum atomic E-state index is 5.44. The van der Waals surface area contributed by atoms with E-state index in [1.165, 1.54) is 19.3 Å². The normalized spacial score (nSPS) is 18.9. The summed E-state index contributed by atoms with van der Waals surface area (Å²) in [5.41, 5.74) is 1.26. The van der Waals surface area contributed by atoms with E-state index in [1.54, 1.807) is 7.11 Å². The van der Waals surface area contributed by atoms with E-state index in [1.807, 2.05) is 24.3 Å². The molecule has 1 aliphatic rings. The zero-order chi connectivity index (χ0) is 17.2. The minimum Gasteiger partial charge on any atom is -0.497 e. The average molecular weight is 329 g/mol. The lowest BCUT2D eigenvalue weighted by molar-refractivity contribution is 0.180. The first-order valence-corrected chi connectivity index (χ1v) is 8.66. The molecule has 2 aromatic rings. The molecule has 0 radical (unpaired) electrons. The van der Waals surface area contributed by atoms with Crippen molar-refractivity contribution in [3.05, 3.63) is 30.1 Å². The Kier molecular flexibility index (Phi) is 4.90. The Bertz CT molecular complexity index is 658. The minimum absolute atomic E-state index is 0.346. The van der Waals surface area contributed by atoms with Gasteiger partial charge in [0, 0.05) is 11.6 Å². The van der Waals surface area contributed by atoms with Gasteiger partial charge in [0.05, 0.1) is 13.7 Å². The number of nitrogens with zero attached hydrogens (tertiary/aromatic N) is 3. The number of rotatable bonds is 5. The fourth-order valence-corrected chi connectivity index (χ4v) is 3.39. The number of hydrogen-bond donors (Lipinski definition) is 0. The molecule has 1 unspecified atom stereocenters. The molecule has 0 bridgehead atoms. The molecule has 0 aliphatic carbocycles. The van der Waals surface area contributed by atoms with Crippen molar-refractivity contribution in [3.8, 4) is 17.2 Å². The van der Waals surface area contributed by atoms with Crippen molar-refractivity contribution in [2.45, 2.75) is 52.6 Å². The van der Waals surface area contributed by atoms with Gasteiger partial charge in [0.1, 0.15) is 5.75 Å². The van der Waals surface area contributed by atoms with Crippen LogP contribution in [0.5, 0.6) is 5.75 Å². The van der Waals surface area contributed by atoms with Gasteiger partial charge in [0.25, 0.3) is 5.89 Å². The Hall–Kier alpha value is -1.88. The molecule has 130 valence electrons. The summed E-state index contributed by atoms with van der Waals surface area (Å²) in [7, 11) is 1.66. The van der Waals surface area contributed by atoms with E-state index in [4.69, 9.17) is 9.26 Å². The second-order valence-corrected chi connectivity index (χ2v) is 7.78. The van der Waals surface area contributed by atoms with Crippen LogP contribution in [-0.4, -0.2) is 34.7 Å². The van der Waals surface area contributed by atoms with E-state index in [-0.39, 0.29) is 0 Å². The van der Waals surface area contributed by atoms with Gasteiger partial charge >= 0.3 is 0 Å². The fourth-order valence-electron chi connectivity index (χ4n) is 3.39. The van der Waals surface area contributed by atoms with Crippen LogP contribution >= 0.6 is 0 Å². The molecular weight excluding hydrogens is 302 g/mol. The van der Waals surface area contributed by atoms with Gasteiger partial charge in [0.2, 0.25) is 0 Å². The molecule has 1 fully saturated rings. The highest BCUT2D eigenvalue weighted by atomic mass is 16.5. The van der Waals surface area contributed by atoms with Crippen molar-refractivity contribution >= 4 is 0 Å². The second kappa shape index (κ2) is 6.93. The van der Waals surface area contributed by atoms with Crippen molar-refractivity contribution in [2.75, 3.05) is 13.7 Å². The Labute approximate surface area is 144 Å². The fraction of sp³-hybridized carbons (Fsp3) is 0.579. The van der Waals surface area contributed by atoms with Crippen molar-refractivity contribution in [3.63, 3.8) is 0 Å². The standard InChI is InChI=1S/C19H27N3O2/c1-19(2,3)12-15-6-5-11-22(15)13-17-20-18(24-21-17)14-7-9-16(23-4)10-8-14/h7-10,15H,5-6,11-13H2,1-4H3. The van der Waals surface area contributed by atoms with Crippen LogP contribution < -0.4 is 4.74 Å². The van der Waals surface area contributed by atoms with Gasteiger partial charge in [-0.2, -0.15) is 4.98 Å². The second-order valence-electron chi connectivity index (χ2n) is 7.78. The SMILES string of the molecule is COc1ccc(-c2nc(CN3CCCC3CC(C)(C)C)no2)cc1. The lowest BCUT2D eigenvalue weighted by atomic mass is 9.87. The minimum atomic E-state index is 0.346. The molecule has 1 aliphatic heterocycles. The van der Waals surface area contributed by atoms with E-state index in [0.717, 1.165) is 30.2 Å². The largest absolute Gasteiger partial charge is 0.497 e. The molecule has 5 nitrogen and oxygen atoms in total. The van der Waals surface area contributed by atoms with Gasteiger partial charge in [-0.15, -0.1) is 0 Å². The van der Waals surface area contributed by atoms with E-state index >= 15 is 0 Å². The summed E-state index contributed by atoms with van der Waals surface area (Å²) >= 11 is 0. The first kappa shape index (κ1) is 17.0. The molecule has 0 spiro atoms. The third-order valence-electron chi connectivity index (χ3n) is 4.50. The first-order chi connectivity index (χ1) is 11.4. The molecule has 1 aromatic carbocycles. The van der Waals surface area contributed by atoms with Gasteiger partial charge in [-0.05, 0) is 55.5 Å². The van der Waals surface area contributed by atoms with Gasteiger partial charge in [-0.1, -0.05) is 25.9 Å². The van der Waals surface area contributed by atoms with Crippen LogP contribution in [0.2, 0.25) is 0 Å². The van der Waals surface area contributed by atoms with Gasteiger partial charge in [-0.25, -0.2) is 0 Å². The summed E-state index contributed by atoms with van der Waals surface area (Å²) in [4.78, 5) is 7.06. The Morgan fingerprint density at radius 1 is 1.25 bits per heavy atom. The third-order valence-corrected chi connectivity index (χ3v) is 4.50. The summed E-state index contributed by atoms with van der Waals surface area (Å²) in [6.07, 6.45) is 3.72. The van der Waals surface area contributed by atoms with E-state index < -0.39 is 0 Å². The number of likely N-dealkylation sites (tertiary alicyclic amines) is 1. The van der Waals surface area contributed by atoms with Gasteiger partial charge in [0.15, 0.2) is 5.82 Å². The lowest BCUT2D eigenvalue weighted by Crippen LogP contribution is -2.32. The molecule has 3 rings (SSSR count). The molecular formula is C19H27N3O2. The molecule has 0 saturated carbocycles. The molecule has 0 amide bonds. The Morgan fingerprint density at radius 3 is 2.67 bits per heavy atom. The van der Waals surface area contributed by atoms with E-state index in [0.29, 0.717) is 17.3 Å². The van der Waals surface area contributed by atoms with Gasteiger partial charge in [-0.3, -0.25) is 4.90 Å². The summed E-state index contributed by atoms with van der Waals surface area (Å²) < 4.78 is 10.6. The molecule has 1 atom stereocenters. The van der Waals surface area contributed by atoms with Crippen LogP contribution in [0.25, 0.3) is 11.5 Å². The van der Waals surface area contributed by atoms with Crippen LogP contribution in [0.1, 0.15) is 45.9 Å². The number of hydrogen-bond acceptors (Lipinski definition) is 5. The van der Waals surface area contributed by atoms with Crippen LogP contribution in [-0.2, 0) is 6.54 Å².